The van der Waals surface area contributed by atoms with Gasteiger partial charge in [-0.15, -0.1) is 0 Å². The third-order valence-corrected chi connectivity index (χ3v) is 3.94. The molecule has 2 heterocycles. The molecule has 0 aliphatic rings. The van der Waals surface area contributed by atoms with Gasteiger partial charge in [-0.2, -0.15) is 0 Å². The molecule has 1 aromatic carbocycles. The standard InChI is InChI=1S/C19H20N4O3/c1-19(2,3)16-12(20-10-21-16)9-13-17(25)23-14(18(26)22-13)15(24)11-7-5-4-6-8-11/h4-10,24H,1-3H3,(H,20,21)(H,22,26)(H,23,25)/b13-9-,15-14+. The number of aliphatic hydroxyl groups is 1. The van der Waals surface area contributed by atoms with Crippen molar-refractivity contribution < 1.29 is 5.11 Å². The van der Waals surface area contributed by atoms with Crippen LogP contribution in [0.3, 0.4) is 0 Å². The Labute approximate surface area is 148 Å². The van der Waals surface area contributed by atoms with Crippen LogP contribution in [0.2, 0.25) is 0 Å². The molecule has 0 aliphatic carbocycles. The van der Waals surface area contributed by atoms with Gasteiger partial charge in [-0.1, -0.05) is 51.1 Å². The fourth-order valence-corrected chi connectivity index (χ4v) is 2.64. The molecule has 0 spiro atoms. The van der Waals surface area contributed by atoms with Crippen LogP contribution in [-0.2, 0) is 5.41 Å². The minimum atomic E-state index is -0.593. The van der Waals surface area contributed by atoms with E-state index in [9.17, 15) is 14.7 Å². The smallest absolute Gasteiger partial charge is 0.276 e. The second-order valence-electron chi connectivity index (χ2n) is 6.97. The van der Waals surface area contributed by atoms with Gasteiger partial charge in [0, 0.05) is 16.7 Å². The van der Waals surface area contributed by atoms with Crippen molar-refractivity contribution in [1.29, 1.82) is 0 Å². The predicted octanol–water partition coefficient (Wildman–Crippen LogP) is 0.627. The van der Waals surface area contributed by atoms with Crippen LogP contribution in [0.1, 0.15) is 37.7 Å². The van der Waals surface area contributed by atoms with E-state index in [1.165, 1.54) is 6.08 Å². The van der Waals surface area contributed by atoms with Gasteiger partial charge in [-0.25, -0.2) is 4.98 Å². The van der Waals surface area contributed by atoms with E-state index in [0.717, 1.165) is 5.69 Å². The average molecular weight is 352 g/mol. The summed E-state index contributed by atoms with van der Waals surface area (Å²) in [5.74, 6) is -0.286. The number of aromatic nitrogens is 4. The molecule has 0 fully saturated rings. The lowest BCUT2D eigenvalue weighted by molar-refractivity contribution is 0.503. The lowest BCUT2D eigenvalue weighted by Gasteiger charge is -2.16. The number of nitrogens with one attached hydrogen (secondary N) is 3. The number of aromatic amines is 3. The normalized spacial score (nSPS) is 13.7. The van der Waals surface area contributed by atoms with Gasteiger partial charge >= 0.3 is 0 Å². The Morgan fingerprint density at radius 3 is 2.42 bits per heavy atom. The Hall–Kier alpha value is -3.35. The minimum Gasteiger partial charge on any atom is -0.505 e. The van der Waals surface area contributed by atoms with Crippen LogP contribution in [0, 0.1) is 0 Å². The van der Waals surface area contributed by atoms with E-state index in [1.54, 1.807) is 36.7 Å². The Morgan fingerprint density at radius 2 is 1.77 bits per heavy atom. The molecule has 7 heteroatoms. The van der Waals surface area contributed by atoms with Gasteiger partial charge in [0.15, 0.2) is 11.1 Å². The van der Waals surface area contributed by atoms with E-state index < -0.39 is 11.1 Å². The molecule has 3 rings (SSSR count). The number of hydrogen-bond donors (Lipinski definition) is 4. The van der Waals surface area contributed by atoms with E-state index in [0.29, 0.717) is 11.3 Å². The summed E-state index contributed by atoms with van der Waals surface area (Å²) >= 11 is 0. The van der Waals surface area contributed by atoms with Gasteiger partial charge in [0.05, 0.1) is 12.0 Å². The molecule has 0 aliphatic heterocycles. The van der Waals surface area contributed by atoms with Crippen LogP contribution in [0.5, 0.6) is 0 Å². The molecule has 0 saturated heterocycles. The van der Waals surface area contributed by atoms with Crippen molar-refractivity contribution >= 4 is 11.8 Å². The van der Waals surface area contributed by atoms with Crippen LogP contribution in [0.25, 0.3) is 11.8 Å². The van der Waals surface area contributed by atoms with Crippen LogP contribution < -0.4 is 21.8 Å². The zero-order valence-electron chi connectivity index (χ0n) is 14.8. The van der Waals surface area contributed by atoms with Crippen molar-refractivity contribution in [1.82, 2.24) is 19.9 Å². The van der Waals surface area contributed by atoms with Crippen molar-refractivity contribution in [3.63, 3.8) is 0 Å². The second kappa shape index (κ2) is 6.51. The van der Waals surface area contributed by atoms with E-state index in [2.05, 4.69) is 19.9 Å². The molecule has 26 heavy (non-hydrogen) atoms. The zero-order chi connectivity index (χ0) is 18.9. The molecule has 3 aromatic rings. The molecule has 4 N–H and O–H groups in total. The number of H-pyrrole nitrogens is 3. The molecular weight excluding hydrogens is 332 g/mol. The van der Waals surface area contributed by atoms with Crippen LogP contribution in [0.15, 0.2) is 46.2 Å². The summed E-state index contributed by atoms with van der Waals surface area (Å²) in [6.45, 7) is 6.04. The molecule has 0 radical (unpaired) electrons. The molecule has 0 atom stereocenters. The van der Waals surface area contributed by atoms with Crippen LogP contribution in [-0.4, -0.2) is 25.0 Å². The van der Waals surface area contributed by atoms with Gasteiger partial charge in [0.2, 0.25) is 0 Å². The molecule has 0 unspecified atom stereocenters. The summed E-state index contributed by atoms with van der Waals surface area (Å²) in [5.41, 5.74) is 0.542. The van der Waals surface area contributed by atoms with Crippen molar-refractivity contribution in [3.8, 4) is 0 Å². The monoisotopic (exact) mass is 352 g/mol. The Balaban J connectivity index is 2.21. The summed E-state index contributed by atoms with van der Waals surface area (Å²) in [6, 6.07) is 8.54. The molecule has 0 saturated carbocycles. The van der Waals surface area contributed by atoms with Gasteiger partial charge in [-0.3, -0.25) is 9.59 Å². The lowest BCUT2D eigenvalue weighted by atomic mass is 9.90. The molecule has 2 aromatic heterocycles. The molecule has 0 bridgehead atoms. The van der Waals surface area contributed by atoms with Gasteiger partial charge in [-0.05, 0) is 6.08 Å². The third-order valence-electron chi connectivity index (χ3n) is 3.94. The molecular formula is C19H20N4O3. The highest BCUT2D eigenvalue weighted by Gasteiger charge is 2.19. The summed E-state index contributed by atoms with van der Waals surface area (Å²) in [7, 11) is 0. The molecule has 134 valence electrons. The van der Waals surface area contributed by atoms with E-state index >= 15 is 0 Å². The van der Waals surface area contributed by atoms with Crippen LogP contribution in [0.4, 0.5) is 0 Å². The highest BCUT2D eigenvalue weighted by molar-refractivity contribution is 5.56. The van der Waals surface area contributed by atoms with Crippen molar-refractivity contribution in [3.05, 3.63) is 85.0 Å². The summed E-state index contributed by atoms with van der Waals surface area (Å²) in [4.78, 5) is 37.0. The van der Waals surface area contributed by atoms with Crippen LogP contribution >= 0.6 is 0 Å². The Kier molecular flexibility index (Phi) is 4.38. The first-order valence-electron chi connectivity index (χ1n) is 8.14. The summed E-state index contributed by atoms with van der Waals surface area (Å²) < 4.78 is 0. The molecule has 0 amide bonds. The first kappa shape index (κ1) is 17.5. The van der Waals surface area contributed by atoms with E-state index in [-0.39, 0.29) is 21.9 Å². The van der Waals surface area contributed by atoms with Crippen molar-refractivity contribution in [2.24, 2.45) is 0 Å². The number of aliphatic hydroxyl groups excluding tert-OH is 1. The maximum Gasteiger partial charge on any atom is 0.276 e. The topological polar surface area (TPSA) is 115 Å². The Bertz CT molecular complexity index is 1160. The number of rotatable bonds is 2. The highest BCUT2D eigenvalue weighted by atomic mass is 16.3. The maximum absolute atomic E-state index is 12.4. The summed E-state index contributed by atoms with van der Waals surface area (Å²) in [5, 5.41) is 10.2. The zero-order valence-corrected chi connectivity index (χ0v) is 14.8. The average Bonchev–Trinajstić information content (AvgIpc) is 3.06. The van der Waals surface area contributed by atoms with Crippen molar-refractivity contribution in [2.45, 2.75) is 26.2 Å². The highest BCUT2D eigenvalue weighted by Crippen LogP contribution is 2.22. The molecule has 7 nitrogen and oxygen atoms in total. The quantitative estimate of drug-likeness (QED) is 0.541. The SMILES string of the molecule is CC(C)(C)c1[nH]cnc1/C=c1\[nH]c(=O)/c(=C(\O)c2ccccc2)[nH]c1=O. The Morgan fingerprint density at radius 1 is 1.08 bits per heavy atom. The number of hydrogen-bond acceptors (Lipinski definition) is 4. The fraction of sp³-hybridized carbons (Fsp3) is 0.211. The minimum absolute atomic E-state index is 0.0669. The second-order valence-corrected chi connectivity index (χ2v) is 6.97. The van der Waals surface area contributed by atoms with E-state index in [4.69, 9.17) is 0 Å². The maximum atomic E-state index is 12.4. The van der Waals surface area contributed by atoms with Gasteiger partial charge in [0.1, 0.15) is 5.35 Å². The number of nitrogens with zero attached hydrogens (tertiary/aromatic N) is 1. The van der Waals surface area contributed by atoms with E-state index in [1.807, 2.05) is 20.8 Å². The van der Waals surface area contributed by atoms with Crippen molar-refractivity contribution in [2.75, 3.05) is 0 Å². The summed E-state index contributed by atoms with van der Waals surface area (Å²) in [6.07, 6.45) is 3.06. The number of imidazole rings is 1. The largest absolute Gasteiger partial charge is 0.505 e. The first-order chi connectivity index (χ1) is 12.3. The first-order valence-corrected chi connectivity index (χ1v) is 8.14. The van der Waals surface area contributed by atoms with Gasteiger partial charge in [0.25, 0.3) is 11.1 Å². The predicted molar refractivity (Wildman–Crippen MR) is 99.4 cm³/mol. The van der Waals surface area contributed by atoms with Gasteiger partial charge < -0.3 is 20.1 Å². The lowest BCUT2D eigenvalue weighted by Crippen LogP contribution is -2.47. The fourth-order valence-electron chi connectivity index (χ4n) is 2.64. The number of benzene rings is 1. The third kappa shape index (κ3) is 3.37.